The molecule has 1 aromatic carbocycles. The molecule has 5 N–H and O–H groups in total. The molecule has 0 unspecified atom stereocenters. The van der Waals surface area contributed by atoms with E-state index in [4.69, 9.17) is 11.5 Å². The topological polar surface area (TPSA) is 94.8 Å². The van der Waals surface area contributed by atoms with Crippen LogP contribution in [0.2, 0.25) is 0 Å². The third-order valence-electron chi connectivity index (χ3n) is 5.46. The molecule has 0 spiro atoms. The maximum Gasteiger partial charge on any atom is 0.241 e. The van der Waals surface area contributed by atoms with Gasteiger partial charge in [-0.2, -0.15) is 9.67 Å². The van der Waals surface area contributed by atoms with Crippen LogP contribution >= 0.6 is 0 Å². The molecule has 25 heavy (non-hydrogen) atoms. The summed E-state index contributed by atoms with van der Waals surface area (Å²) in [5.74, 6) is 1.33. The molecule has 136 valence electrons. The summed E-state index contributed by atoms with van der Waals surface area (Å²) in [6.45, 7) is 5.69. The Bertz CT molecular complexity index is 704. The number of aryl methyl sites for hydroxylation is 2. The van der Waals surface area contributed by atoms with Gasteiger partial charge in [-0.15, -0.1) is 5.10 Å². The first-order valence-electron chi connectivity index (χ1n) is 9.44. The van der Waals surface area contributed by atoms with Gasteiger partial charge in [-0.3, -0.25) is 0 Å². The van der Waals surface area contributed by atoms with E-state index in [9.17, 15) is 0 Å². The molecule has 0 saturated heterocycles. The summed E-state index contributed by atoms with van der Waals surface area (Å²) < 4.78 is 1.61. The number of hydrogen-bond donors (Lipinski definition) is 3. The summed E-state index contributed by atoms with van der Waals surface area (Å²) in [7, 11) is 0. The molecule has 0 bridgehead atoms. The van der Waals surface area contributed by atoms with Crippen LogP contribution in [0.15, 0.2) is 18.2 Å². The third kappa shape index (κ3) is 4.12. The molecule has 6 heteroatoms. The zero-order chi connectivity index (χ0) is 17.8. The van der Waals surface area contributed by atoms with Crippen molar-refractivity contribution in [1.29, 1.82) is 0 Å². The molecule has 1 aliphatic carbocycles. The average molecular weight is 342 g/mol. The SMILES string of the molecule is CCC(CC)CN[C@H]1CCc2ccc(-n3nc(N)nc3N)cc2CC1. The Morgan fingerprint density at radius 1 is 1.16 bits per heavy atom. The monoisotopic (exact) mass is 342 g/mol. The zero-order valence-corrected chi connectivity index (χ0v) is 15.3. The lowest BCUT2D eigenvalue weighted by Gasteiger charge is -2.20. The number of fused-ring (bicyclic) bond motifs is 1. The van der Waals surface area contributed by atoms with Gasteiger partial charge in [0.05, 0.1) is 5.69 Å². The van der Waals surface area contributed by atoms with Crippen LogP contribution in [-0.4, -0.2) is 27.4 Å². The van der Waals surface area contributed by atoms with Crippen molar-refractivity contribution in [3.8, 4) is 5.69 Å². The van der Waals surface area contributed by atoms with Crippen molar-refractivity contribution in [2.24, 2.45) is 5.92 Å². The summed E-state index contributed by atoms with van der Waals surface area (Å²) in [5.41, 5.74) is 15.3. The van der Waals surface area contributed by atoms with Crippen LogP contribution in [-0.2, 0) is 12.8 Å². The van der Waals surface area contributed by atoms with E-state index in [0.29, 0.717) is 12.0 Å². The standard InChI is InChI=1S/C19H30N6/c1-3-13(4-2)12-22-16-8-5-14-7-10-17(11-15(14)6-9-16)25-19(21)23-18(20)24-25/h7,10-11,13,16,22H,3-6,8-9,12H2,1-2H3,(H4,20,21,23,24)/t16-/m0/s1. The fraction of sp³-hybridized carbons (Fsp3) is 0.579. The molecule has 1 aromatic heterocycles. The highest BCUT2D eigenvalue weighted by Crippen LogP contribution is 2.24. The van der Waals surface area contributed by atoms with Crippen LogP contribution in [0.5, 0.6) is 0 Å². The van der Waals surface area contributed by atoms with Crippen molar-refractivity contribution < 1.29 is 0 Å². The van der Waals surface area contributed by atoms with Gasteiger partial charge in [0.15, 0.2) is 0 Å². The Balaban J connectivity index is 1.69. The van der Waals surface area contributed by atoms with Crippen molar-refractivity contribution in [3.63, 3.8) is 0 Å². The van der Waals surface area contributed by atoms with E-state index in [1.54, 1.807) is 4.68 Å². The molecule has 1 aliphatic rings. The van der Waals surface area contributed by atoms with E-state index in [0.717, 1.165) is 31.0 Å². The predicted molar refractivity (Wildman–Crippen MR) is 103 cm³/mol. The Kier molecular flexibility index (Phi) is 5.58. The molecule has 3 rings (SSSR count). The van der Waals surface area contributed by atoms with E-state index in [1.807, 2.05) is 0 Å². The number of nitrogens with two attached hydrogens (primary N) is 2. The minimum Gasteiger partial charge on any atom is -0.368 e. The molecule has 1 atom stereocenters. The normalized spacial score (nSPS) is 17.5. The maximum absolute atomic E-state index is 5.90. The van der Waals surface area contributed by atoms with Crippen LogP contribution in [0, 0.1) is 5.92 Å². The summed E-state index contributed by atoms with van der Waals surface area (Å²) in [6.07, 6.45) is 7.07. The van der Waals surface area contributed by atoms with Gasteiger partial charge in [0.25, 0.3) is 0 Å². The molecular formula is C19H30N6. The molecule has 0 radical (unpaired) electrons. The van der Waals surface area contributed by atoms with Gasteiger partial charge in [-0.25, -0.2) is 0 Å². The second-order valence-electron chi connectivity index (χ2n) is 7.06. The van der Waals surface area contributed by atoms with Crippen molar-refractivity contribution in [1.82, 2.24) is 20.1 Å². The van der Waals surface area contributed by atoms with Gasteiger partial charge in [-0.1, -0.05) is 32.8 Å². The summed E-state index contributed by atoms with van der Waals surface area (Å²) in [5, 5.41) is 7.97. The summed E-state index contributed by atoms with van der Waals surface area (Å²) in [4.78, 5) is 3.98. The molecule has 0 fully saturated rings. The second kappa shape index (κ2) is 7.87. The summed E-state index contributed by atoms with van der Waals surface area (Å²) >= 11 is 0. The smallest absolute Gasteiger partial charge is 0.241 e. The van der Waals surface area contributed by atoms with E-state index in [1.165, 1.54) is 36.8 Å². The van der Waals surface area contributed by atoms with Crippen LogP contribution in [0.4, 0.5) is 11.9 Å². The number of rotatable bonds is 6. The number of nitrogen functional groups attached to an aromatic ring is 2. The zero-order valence-electron chi connectivity index (χ0n) is 15.3. The van der Waals surface area contributed by atoms with E-state index < -0.39 is 0 Å². The van der Waals surface area contributed by atoms with Gasteiger partial charge in [0, 0.05) is 6.04 Å². The molecule has 0 saturated carbocycles. The van der Waals surface area contributed by atoms with E-state index in [2.05, 4.69) is 47.4 Å². The Morgan fingerprint density at radius 2 is 1.88 bits per heavy atom. The van der Waals surface area contributed by atoms with Gasteiger partial charge in [-0.05, 0) is 61.4 Å². The second-order valence-corrected chi connectivity index (χ2v) is 7.06. The molecule has 1 heterocycles. The molecule has 0 aliphatic heterocycles. The van der Waals surface area contributed by atoms with Crippen LogP contribution in [0.25, 0.3) is 5.69 Å². The minimum atomic E-state index is 0.207. The lowest BCUT2D eigenvalue weighted by Crippen LogP contribution is -2.33. The quantitative estimate of drug-likeness (QED) is 0.702. The third-order valence-corrected chi connectivity index (χ3v) is 5.46. The number of nitrogens with zero attached hydrogens (tertiary/aromatic N) is 3. The first-order valence-corrected chi connectivity index (χ1v) is 9.44. The lowest BCUT2D eigenvalue weighted by molar-refractivity contribution is 0.386. The molecule has 0 amide bonds. The van der Waals surface area contributed by atoms with Crippen molar-refractivity contribution in [3.05, 3.63) is 29.3 Å². The maximum atomic E-state index is 5.90. The Labute approximate surface area is 150 Å². The molecule has 2 aromatic rings. The van der Waals surface area contributed by atoms with Gasteiger partial charge in [0.2, 0.25) is 11.9 Å². The number of anilines is 2. The average Bonchev–Trinajstić information content (AvgIpc) is 2.83. The predicted octanol–water partition coefficient (Wildman–Crippen LogP) is 2.70. The van der Waals surface area contributed by atoms with Crippen LogP contribution in [0.1, 0.15) is 50.7 Å². The van der Waals surface area contributed by atoms with Crippen molar-refractivity contribution in [2.75, 3.05) is 18.0 Å². The highest BCUT2D eigenvalue weighted by atomic mass is 15.4. The fourth-order valence-corrected chi connectivity index (χ4v) is 3.67. The van der Waals surface area contributed by atoms with Gasteiger partial charge >= 0.3 is 0 Å². The largest absolute Gasteiger partial charge is 0.368 e. The van der Waals surface area contributed by atoms with Crippen molar-refractivity contribution in [2.45, 2.75) is 58.4 Å². The summed E-state index contributed by atoms with van der Waals surface area (Å²) in [6, 6.07) is 7.04. The highest BCUT2D eigenvalue weighted by molar-refractivity contribution is 5.45. The van der Waals surface area contributed by atoms with Crippen LogP contribution in [0.3, 0.4) is 0 Å². The highest BCUT2D eigenvalue weighted by Gasteiger charge is 2.18. The lowest BCUT2D eigenvalue weighted by atomic mass is 10.0. The first-order chi connectivity index (χ1) is 12.1. The minimum absolute atomic E-state index is 0.207. The van der Waals surface area contributed by atoms with E-state index >= 15 is 0 Å². The number of nitrogens with one attached hydrogen (secondary N) is 1. The Morgan fingerprint density at radius 3 is 2.52 bits per heavy atom. The number of benzene rings is 1. The van der Waals surface area contributed by atoms with Crippen LogP contribution < -0.4 is 16.8 Å². The van der Waals surface area contributed by atoms with Gasteiger partial charge in [0.1, 0.15) is 0 Å². The fourth-order valence-electron chi connectivity index (χ4n) is 3.67. The number of hydrogen-bond acceptors (Lipinski definition) is 5. The van der Waals surface area contributed by atoms with Gasteiger partial charge < -0.3 is 16.8 Å². The Hall–Kier alpha value is -2.08. The van der Waals surface area contributed by atoms with E-state index in [-0.39, 0.29) is 5.95 Å². The van der Waals surface area contributed by atoms with Crippen molar-refractivity contribution >= 4 is 11.9 Å². The number of aromatic nitrogens is 3. The molecule has 6 nitrogen and oxygen atoms in total. The molecular weight excluding hydrogens is 312 g/mol. The first kappa shape index (κ1) is 17.7.